The fraction of sp³-hybridized carbons (Fsp3) is 0.375. The third-order valence-corrected chi connectivity index (χ3v) is 4.40. The first-order valence-corrected chi connectivity index (χ1v) is 8.74. The fourth-order valence-corrected chi connectivity index (χ4v) is 2.59. The predicted octanol–water partition coefficient (Wildman–Crippen LogP) is 2.69. The van der Waals surface area contributed by atoms with Crippen molar-refractivity contribution in [3.8, 4) is 0 Å². The van der Waals surface area contributed by atoms with E-state index in [4.69, 9.17) is 0 Å². The van der Waals surface area contributed by atoms with E-state index in [1.54, 1.807) is 11.7 Å². The van der Waals surface area contributed by atoms with Crippen molar-refractivity contribution in [2.75, 3.05) is 17.2 Å². The molecule has 8 nitrogen and oxygen atoms in total. The monoisotopic (exact) mass is 405 g/mol. The van der Waals surface area contributed by atoms with Gasteiger partial charge < -0.3 is 15.7 Å². The van der Waals surface area contributed by atoms with Gasteiger partial charge in [-0.25, -0.2) is 4.68 Å². The highest BCUT2D eigenvalue weighted by molar-refractivity contribution is 9.10. The molecule has 2 aromatic heterocycles. The Morgan fingerprint density at radius 1 is 1.20 bits per heavy atom. The molecule has 132 valence electrons. The molecule has 25 heavy (non-hydrogen) atoms. The molecule has 0 saturated carbocycles. The molecule has 0 spiro atoms. The molecule has 0 fully saturated rings. The summed E-state index contributed by atoms with van der Waals surface area (Å²) in [7, 11) is 1.78. The Morgan fingerprint density at radius 3 is 2.56 bits per heavy atom. The summed E-state index contributed by atoms with van der Waals surface area (Å²) in [5, 5.41) is 24.2. The molecule has 0 radical (unpaired) electrons. The van der Waals surface area contributed by atoms with Crippen molar-refractivity contribution >= 4 is 44.5 Å². The minimum Gasteiger partial charge on any atom is -0.394 e. The van der Waals surface area contributed by atoms with Gasteiger partial charge in [0, 0.05) is 17.2 Å². The highest BCUT2D eigenvalue weighted by atomic mass is 79.9. The highest BCUT2D eigenvalue weighted by Crippen LogP contribution is 2.24. The lowest BCUT2D eigenvalue weighted by Crippen LogP contribution is -2.30. The van der Waals surface area contributed by atoms with E-state index in [9.17, 15) is 5.11 Å². The lowest BCUT2D eigenvalue weighted by Gasteiger charge is -2.20. The standard InChI is InChI=1S/C16H20BrN7O/c1-9(2)12(8-25)19-16-20-14(13-15(21-16)24(3)23-22-13)18-11-6-4-10(17)5-7-11/h4-7,9,12,25H,8H2,1-3H3,(H2,18,19,20,21). The summed E-state index contributed by atoms with van der Waals surface area (Å²) in [6.07, 6.45) is 0. The first kappa shape index (κ1) is 17.6. The molecule has 3 aromatic rings. The first-order chi connectivity index (χ1) is 12.0. The van der Waals surface area contributed by atoms with Crippen molar-refractivity contribution < 1.29 is 5.11 Å². The summed E-state index contributed by atoms with van der Waals surface area (Å²) < 4.78 is 2.59. The Balaban J connectivity index is 1.99. The highest BCUT2D eigenvalue weighted by Gasteiger charge is 2.17. The zero-order chi connectivity index (χ0) is 18.0. The van der Waals surface area contributed by atoms with Gasteiger partial charge in [-0.15, -0.1) is 5.10 Å². The van der Waals surface area contributed by atoms with Crippen LogP contribution in [0, 0.1) is 5.92 Å². The van der Waals surface area contributed by atoms with Crippen molar-refractivity contribution in [1.82, 2.24) is 25.0 Å². The maximum Gasteiger partial charge on any atom is 0.227 e. The largest absolute Gasteiger partial charge is 0.394 e. The summed E-state index contributed by atoms with van der Waals surface area (Å²) >= 11 is 3.42. The molecule has 0 saturated heterocycles. The maximum absolute atomic E-state index is 9.55. The summed E-state index contributed by atoms with van der Waals surface area (Å²) in [6, 6.07) is 7.62. The molecule has 3 N–H and O–H groups in total. The molecule has 1 aromatic carbocycles. The molecule has 0 aliphatic rings. The van der Waals surface area contributed by atoms with Gasteiger partial charge in [0.25, 0.3) is 0 Å². The molecule has 2 heterocycles. The number of aliphatic hydroxyl groups excluding tert-OH is 1. The van der Waals surface area contributed by atoms with Crippen LogP contribution in [-0.4, -0.2) is 42.7 Å². The summed E-state index contributed by atoms with van der Waals surface area (Å²) in [5.74, 6) is 1.21. The summed E-state index contributed by atoms with van der Waals surface area (Å²) in [5.41, 5.74) is 2.07. The van der Waals surface area contributed by atoms with E-state index < -0.39 is 0 Å². The molecule has 0 amide bonds. The number of fused-ring (bicyclic) bond motifs is 1. The van der Waals surface area contributed by atoms with E-state index >= 15 is 0 Å². The number of halogens is 1. The fourth-order valence-electron chi connectivity index (χ4n) is 2.33. The number of rotatable bonds is 6. The number of aliphatic hydroxyl groups is 1. The predicted molar refractivity (Wildman–Crippen MR) is 101 cm³/mol. The van der Waals surface area contributed by atoms with Crippen molar-refractivity contribution in [3.05, 3.63) is 28.7 Å². The van der Waals surface area contributed by atoms with E-state index in [0.717, 1.165) is 10.2 Å². The van der Waals surface area contributed by atoms with Crippen LogP contribution in [0.25, 0.3) is 11.2 Å². The van der Waals surface area contributed by atoms with Gasteiger partial charge in [0.15, 0.2) is 17.0 Å². The van der Waals surface area contributed by atoms with Gasteiger partial charge >= 0.3 is 0 Å². The topological polar surface area (TPSA) is 101 Å². The Hall–Kier alpha value is -2.26. The van der Waals surface area contributed by atoms with Gasteiger partial charge in [-0.3, -0.25) is 0 Å². The SMILES string of the molecule is CC(C)C(CO)Nc1nc(Nc2ccc(Br)cc2)c2nnn(C)c2n1. The molecular formula is C16H20BrN7O. The zero-order valence-corrected chi connectivity index (χ0v) is 15.8. The van der Waals surface area contributed by atoms with E-state index in [2.05, 4.69) is 46.8 Å². The van der Waals surface area contributed by atoms with Crippen molar-refractivity contribution in [2.24, 2.45) is 13.0 Å². The number of benzene rings is 1. The van der Waals surface area contributed by atoms with Gasteiger partial charge in [-0.1, -0.05) is 35.0 Å². The molecule has 9 heteroatoms. The van der Waals surface area contributed by atoms with Gasteiger partial charge in [-0.05, 0) is 30.2 Å². The van der Waals surface area contributed by atoms with Crippen LogP contribution in [0.4, 0.5) is 17.5 Å². The van der Waals surface area contributed by atoms with Gasteiger partial charge in [0.1, 0.15) is 0 Å². The normalized spacial score (nSPS) is 12.6. The van der Waals surface area contributed by atoms with Crippen LogP contribution in [0.5, 0.6) is 0 Å². The quantitative estimate of drug-likeness (QED) is 0.579. The second-order valence-electron chi connectivity index (χ2n) is 6.09. The maximum atomic E-state index is 9.55. The number of aromatic nitrogens is 5. The number of nitrogens with zero attached hydrogens (tertiary/aromatic N) is 5. The molecular weight excluding hydrogens is 386 g/mol. The third-order valence-electron chi connectivity index (χ3n) is 3.87. The Kier molecular flexibility index (Phi) is 5.14. The zero-order valence-electron chi connectivity index (χ0n) is 14.2. The molecule has 1 atom stereocenters. The molecule has 0 aliphatic heterocycles. The van der Waals surface area contributed by atoms with Crippen molar-refractivity contribution in [2.45, 2.75) is 19.9 Å². The van der Waals surface area contributed by atoms with Crippen LogP contribution in [0.3, 0.4) is 0 Å². The Morgan fingerprint density at radius 2 is 1.92 bits per heavy atom. The van der Waals surface area contributed by atoms with Crippen LogP contribution < -0.4 is 10.6 Å². The van der Waals surface area contributed by atoms with Crippen LogP contribution in [0.1, 0.15) is 13.8 Å². The minimum absolute atomic E-state index is 0.00181. The van der Waals surface area contributed by atoms with Gasteiger partial charge in [-0.2, -0.15) is 9.97 Å². The van der Waals surface area contributed by atoms with Crippen molar-refractivity contribution in [1.29, 1.82) is 0 Å². The van der Waals surface area contributed by atoms with Crippen LogP contribution >= 0.6 is 15.9 Å². The average molecular weight is 406 g/mol. The lowest BCUT2D eigenvalue weighted by molar-refractivity contribution is 0.248. The first-order valence-electron chi connectivity index (χ1n) is 7.95. The second kappa shape index (κ2) is 7.32. The molecule has 1 unspecified atom stereocenters. The average Bonchev–Trinajstić information content (AvgIpc) is 2.96. The molecule has 0 bridgehead atoms. The number of anilines is 3. The van der Waals surface area contributed by atoms with E-state index in [1.165, 1.54) is 0 Å². The number of hydrogen-bond acceptors (Lipinski definition) is 7. The van der Waals surface area contributed by atoms with Crippen molar-refractivity contribution in [3.63, 3.8) is 0 Å². The van der Waals surface area contributed by atoms with Gasteiger partial charge in [0.05, 0.1) is 12.6 Å². The van der Waals surface area contributed by atoms with E-state index in [0.29, 0.717) is 22.9 Å². The minimum atomic E-state index is -0.140. The summed E-state index contributed by atoms with van der Waals surface area (Å²) in [4.78, 5) is 9.01. The Labute approximate surface area is 153 Å². The van der Waals surface area contributed by atoms with E-state index in [-0.39, 0.29) is 18.6 Å². The molecule has 3 rings (SSSR count). The molecule has 0 aliphatic carbocycles. The number of hydrogen-bond donors (Lipinski definition) is 3. The van der Waals surface area contributed by atoms with Crippen LogP contribution in [-0.2, 0) is 7.05 Å². The second-order valence-corrected chi connectivity index (χ2v) is 7.01. The Bertz CT molecular complexity index is 863. The van der Waals surface area contributed by atoms with Gasteiger partial charge in [0.2, 0.25) is 5.95 Å². The lowest BCUT2D eigenvalue weighted by atomic mass is 10.1. The van der Waals surface area contributed by atoms with E-state index in [1.807, 2.05) is 38.1 Å². The number of aryl methyl sites for hydroxylation is 1. The number of nitrogens with one attached hydrogen (secondary N) is 2. The van der Waals surface area contributed by atoms with Crippen LogP contribution in [0.2, 0.25) is 0 Å². The smallest absolute Gasteiger partial charge is 0.227 e. The summed E-state index contributed by atoms with van der Waals surface area (Å²) in [6.45, 7) is 4.05. The van der Waals surface area contributed by atoms with Crippen LogP contribution in [0.15, 0.2) is 28.7 Å². The third kappa shape index (κ3) is 3.88.